The molecule has 0 aliphatic carbocycles. The monoisotopic (exact) mass is 146 g/mol. The second-order valence-electron chi connectivity index (χ2n) is 1.71. The van der Waals surface area contributed by atoms with Gasteiger partial charge in [-0.15, -0.1) is 0 Å². The van der Waals surface area contributed by atoms with Crippen LogP contribution in [0.25, 0.3) is 0 Å². The lowest BCUT2D eigenvalue weighted by Crippen LogP contribution is -1.96. The summed E-state index contributed by atoms with van der Waals surface area (Å²) < 4.78 is 26.0. The van der Waals surface area contributed by atoms with Crippen molar-refractivity contribution in [2.24, 2.45) is 0 Å². The molecule has 0 aromatic rings. The van der Waals surface area contributed by atoms with Crippen molar-refractivity contribution < 1.29 is 13.2 Å². The first-order valence-corrected chi connectivity index (χ1v) is 3.98. The highest BCUT2D eigenvalue weighted by Crippen LogP contribution is 2.08. The van der Waals surface area contributed by atoms with Gasteiger partial charge in [0.25, 0.3) is 0 Å². The fraction of sp³-hybridized carbons (Fsp3) is 0.200. The third-order valence-electron chi connectivity index (χ3n) is 0.829. The third-order valence-corrected chi connectivity index (χ3v) is 1.98. The van der Waals surface area contributed by atoms with Crippen LogP contribution in [0.15, 0.2) is 22.8 Å². The molecule has 50 valence electrons. The van der Waals surface area contributed by atoms with Gasteiger partial charge in [-0.05, 0) is 6.92 Å². The Kier molecular flexibility index (Phi) is 1.32. The minimum atomic E-state index is -3.10. The Labute approximate surface area is 53.6 Å². The molecule has 1 rings (SSSR count). The predicted molar refractivity (Wildman–Crippen MR) is 32.9 cm³/mol. The van der Waals surface area contributed by atoms with E-state index >= 15 is 0 Å². The topological polar surface area (TPSA) is 43.4 Å². The molecule has 0 atom stereocenters. The van der Waals surface area contributed by atoms with Gasteiger partial charge >= 0.3 is 0 Å². The smallest absolute Gasteiger partial charge is 0.199 e. The second kappa shape index (κ2) is 1.88. The van der Waals surface area contributed by atoms with Gasteiger partial charge < -0.3 is 4.74 Å². The molecule has 3 nitrogen and oxygen atoms in total. The molecule has 0 spiro atoms. The van der Waals surface area contributed by atoms with Crippen molar-refractivity contribution in [3.63, 3.8) is 0 Å². The molecule has 0 amide bonds. The number of ether oxygens (including phenoxy) is 1. The SMILES string of the molecule is CC1=CS(=O)(=O)C=CO1. The van der Waals surface area contributed by atoms with Gasteiger partial charge in [0.15, 0.2) is 9.84 Å². The van der Waals surface area contributed by atoms with Gasteiger partial charge in [0.2, 0.25) is 0 Å². The Morgan fingerprint density at radius 1 is 1.56 bits per heavy atom. The lowest BCUT2D eigenvalue weighted by molar-refractivity contribution is 0.352. The normalized spacial score (nSPS) is 22.6. The van der Waals surface area contributed by atoms with Gasteiger partial charge in [0.1, 0.15) is 12.0 Å². The van der Waals surface area contributed by atoms with Crippen LogP contribution in [0, 0.1) is 0 Å². The minimum Gasteiger partial charge on any atom is -0.468 e. The fourth-order valence-electron chi connectivity index (χ4n) is 0.511. The van der Waals surface area contributed by atoms with E-state index in [1.54, 1.807) is 6.92 Å². The van der Waals surface area contributed by atoms with Gasteiger partial charge in [-0.25, -0.2) is 8.42 Å². The lowest BCUT2D eigenvalue weighted by Gasteiger charge is -2.02. The van der Waals surface area contributed by atoms with Crippen LogP contribution in [0.1, 0.15) is 6.92 Å². The van der Waals surface area contributed by atoms with Crippen LogP contribution in [0.4, 0.5) is 0 Å². The van der Waals surface area contributed by atoms with Gasteiger partial charge in [-0.3, -0.25) is 0 Å². The highest BCUT2D eigenvalue weighted by Gasteiger charge is 2.06. The van der Waals surface area contributed by atoms with E-state index in [0.717, 1.165) is 17.1 Å². The zero-order valence-electron chi connectivity index (χ0n) is 4.87. The summed E-state index contributed by atoms with van der Waals surface area (Å²) in [4.78, 5) is 0. The van der Waals surface area contributed by atoms with Crippen LogP contribution in [0.5, 0.6) is 0 Å². The van der Waals surface area contributed by atoms with Crippen molar-refractivity contribution in [2.75, 3.05) is 0 Å². The number of sulfone groups is 1. The van der Waals surface area contributed by atoms with E-state index < -0.39 is 9.84 Å². The first kappa shape index (κ1) is 6.35. The highest BCUT2D eigenvalue weighted by molar-refractivity contribution is 7.97. The van der Waals surface area contributed by atoms with Crippen LogP contribution in [-0.4, -0.2) is 8.42 Å². The Bertz CT molecular complexity index is 258. The molecule has 0 saturated carbocycles. The Hall–Kier alpha value is -0.770. The average molecular weight is 146 g/mol. The molecule has 0 bridgehead atoms. The molecule has 1 heterocycles. The van der Waals surface area contributed by atoms with Crippen molar-refractivity contribution in [1.82, 2.24) is 0 Å². The zero-order chi connectivity index (χ0) is 6.91. The first-order valence-electron chi connectivity index (χ1n) is 2.37. The van der Waals surface area contributed by atoms with Crippen LogP contribution in [-0.2, 0) is 14.6 Å². The van der Waals surface area contributed by atoms with Gasteiger partial charge in [0, 0.05) is 0 Å². The molecule has 0 N–H and O–H groups in total. The summed E-state index contributed by atoms with van der Waals surface area (Å²) >= 11 is 0. The molecule has 0 aromatic carbocycles. The molecule has 1 aliphatic rings. The molecule has 4 heteroatoms. The van der Waals surface area contributed by atoms with Gasteiger partial charge in [-0.1, -0.05) is 0 Å². The summed E-state index contributed by atoms with van der Waals surface area (Å²) in [6.07, 6.45) is 1.16. The van der Waals surface area contributed by atoms with E-state index in [4.69, 9.17) is 4.74 Å². The highest BCUT2D eigenvalue weighted by atomic mass is 32.2. The lowest BCUT2D eigenvalue weighted by atomic mass is 10.7. The van der Waals surface area contributed by atoms with E-state index in [2.05, 4.69) is 0 Å². The van der Waals surface area contributed by atoms with Crippen molar-refractivity contribution >= 4 is 9.84 Å². The van der Waals surface area contributed by atoms with Crippen LogP contribution >= 0.6 is 0 Å². The maximum atomic E-state index is 10.6. The molecule has 0 aromatic heterocycles. The van der Waals surface area contributed by atoms with E-state index in [-0.39, 0.29) is 0 Å². The van der Waals surface area contributed by atoms with Crippen LogP contribution in [0.3, 0.4) is 0 Å². The van der Waals surface area contributed by atoms with Crippen molar-refractivity contribution in [3.8, 4) is 0 Å². The standard InChI is InChI=1S/C5H6O3S/c1-5-4-9(6,7)3-2-8-5/h2-4H,1H3. The number of allylic oxidation sites excluding steroid dienone is 1. The van der Waals surface area contributed by atoms with Gasteiger partial charge in [-0.2, -0.15) is 0 Å². The minimum absolute atomic E-state index is 0.400. The summed E-state index contributed by atoms with van der Waals surface area (Å²) in [5, 5.41) is 2.09. The molecule has 0 saturated heterocycles. The van der Waals surface area contributed by atoms with Crippen LogP contribution in [0.2, 0.25) is 0 Å². The molecule has 9 heavy (non-hydrogen) atoms. The first-order chi connectivity index (χ1) is 4.10. The zero-order valence-corrected chi connectivity index (χ0v) is 5.68. The van der Waals surface area contributed by atoms with E-state index in [0.29, 0.717) is 5.76 Å². The van der Waals surface area contributed by atoms with Crippen molar-refractivity contribution in [1.29, 1.82) is 0 Å². The maximum absolute atomic E-state index is 10.6. The second-order valence-corrected chi connectivity index (χ2v) is 3.39. The summed E-state index contributed by atoms with van der Waals surface area (Å²) in [7, 11) is -3.10. The third kappa shape index (κ3) is 1.57. The van der Waals surface area contributed by atoms with Gasteiger partial charge in [0.05, 0.1) is 10.8 Å². The Morgan fingerprint density at radius 2 is 2.22 bits per heavy atom. The Balaban J connectivity index is 3.06. The number of hydrogen-bond acceptors (Lipinski definition) is 3. The summed E-state index contributed by atoms with van der Waals surface area (Å²) in [5.41, 5.74) is 0. The van der Waals surface area contributed by atoms with E-state index in [1.165, 1.54) is 0 Å². The van der Waals surface area contributed by atoms with E-state index in [9.17, 15) is 8.42 Å². The molecular formula is C5H6O3S. The number of rotatable bonds is 0. The summed E-state index contributed by atoms with van der Waals surface area (Å²) in [6, 6.07) is 0. The average Bonchev–Trinajstić information content (AvgIpc) is 1.60. The molecule has 0 unspecified atom stereocenters. The quantitative estimate of drug-likeness (QED) is 0.506. The predicted octanol–water partition coefficient (Wildman–Crippen LogP) is 0.764. The number of hydrogen-bond donors (Lipinski definition) is 0. The molecule has 1 aliphatic heterocycles. The van der Waals surface area contributed by atoms with Crippen molar-refractivity contribution in [2.45, 2.75) is 6.92 Å². The fourth-order valence-corrected chi connectivity index (χ4v) is 1.32. The van der Waals surface area contributed by atoms with E-state index in [1.807, 2.05) is 0 Å². The van der Waals surface area contributed by atoms with Crippen LogP contribution < -0.4 is 0 Å². The largest absolute Gasteiger partial charge is 0.468 e. The summed E-state index contributed by atoms with van der Waals surface area (Å²) in [5.74, 6) is 0.400. The van der Waals surface area contributed by atoms with Crippen molar-refractivity contribution in [3.05, 3.63) is 22.8 Å². The molecule has 0 radical (unpaired) electrons. The summed E-state index contributed by atoms with van der Waals surface area (Å²) in [6.45, 7) is 1.58. The maximum Gasteiger partial charge on any atom is 0.199 e. The molecule has 0 fully saturated rings. The Morgan fingerprint density at radius 3 is 2.56 bits per heavy atom. The molecular weight excluding hydrogens is 140 g/mol.